The molecule has 0 aliphatic carbocycles. The van der Waals surface area contributed by atoms with Crippen molar-refractivity contribution in [2.75, 3.05) is 24.7 Å². The van der Waals surface area contributed by atoms with Crippen LogP contribution in [-0.4, -0.2) is 38.6 Å². The highest BCUT2D eigenvalue weighted by Crippen LogP contribution is 2.32. The largest absolute Gasteiger partial charge is 0.368 e. The van der Waals surface area contributed by atoms with E-state index in [0.717, 1.165) is 11.7 Å². The summed E-state index contributed by atoms with van der Waals surface area (Å²) < 4.78 is 2.08. The lowest BCUT2D eigenvalue weighted by Gasteiger charge is -2.14. The van der Waals surface area contributed by atoms with Crippen LogP contribution in [0.25, 0.3) is 0 Å². The fourth-order valence-electron chi connectivity index (χ4n) is 1.64. The third-order valence-corrected chi connectivity index (χ3v) is 3.84. The van der Waals surface area contributed by atoms with Crippen molar-refractivity contribution >= 4 is 23.7 Å². The normalized spacial score (nSPS) is 12.4. The van der Waals surface area contributed by atoms with Gasteiger partial charge in [0, 0.05) is 33.0 Å². The molecule has 7 nitrogen and oxygen atoms in total. The molecule has 0 spiro atoms. The van der Waals surface area contributed by atoms with E-state index in [2.05, 4.69) is 31.4 Å². The van der Waals surface area contributed by atoms with Gasteiger partial charge in [-0.1, -0.05) is 11.8 Å². The molecule has 20 heavy (non-hydrogen) atoms. The van der Waals surface area contributed by atoms with Gasteiger partial charge in [0.15, 0.2) is 5.16 Å². The summed E-state index contributed by atoms with van der Waals surface area (Å²) >= 11 is 1.61. The van der Waals surface area contributed by atoms with Gasteiger partial charge in [0.1, 0.15) is 5.82 Å². The first-order valence-electron chi connectivity index (χ1n) is 6.37. The van der Waals surface area contributed by atoms with Crippen LogP contribution in [0.4, 0.5) is 11.9 Å². The lowest BCUT2D eigenvalue weighted by Crippen LogP contribution is -2.16. The van der Waals surface area contributed by atoms with Gasteiger partial charge < -0.3 is 15.2 Å². The minimum Gasteiger partial charge on any atom is -0.368 e. The first kappa shape index (κ1) is 14.6. The Balaban J connectivity index is 2.22. The smallest absolute Gasteiger partial charge is 0.229 e. The van der Waals surface area contributed by atoms with Crippen molar-refractivity contribution in [1.29, 1.82) is 0 Å². The first-order valence-corrected chi connectivity index (χ1v) is 7.25. The zero-order chi connectivity index (χ0) is 14.7. The Morgan fingerprint density at radius 2 is 2.10 bits per heavy atom. The molecule has 2 aromatic rings. The summed E-state index contributed by atoms with van der Waals surface area (Å²) in [6.07, 6.45) is 3.76. The number of nitrogens with zero attached hydrogens (tertiary/aromatic N) is 6. The van der Waals surface area contributed by atoms with E-state index in [1.165, 1.54) is 0 Å². The number of anilines is 2. The Labute approximate surface area is 122 Å². The third kappa shape index (κ3) is 3.19. The Morgan fingerprint density at radius 3 is 2.75 bits per heavy atom. The number of hydrogen-bond donors (Lipinski definition) is 1. The second-order valence-corrected chi connectivity index (χ2v) is 5.81. The minimum absolute atomic E-state index is 0.0479. The number of rotatable bonds is 5. The summed E-state index contributed by atoms with van der Waals surface area (Å²) in [5.74, 6) is 1.47. The maximum atomic E-state index is 5.75. The van der Waals surface area contributed by atoms with Gasteiger partial charge in [-0.2, -0.15) is 15.0 Å². The van der Waals surface area contributed by atoms with Gasteiger partial charge in [0.05, 0.1) is 5.25 Å². The predicted octanol–water partition coefficient (Wildman–Crippen LogP) is 1.59. The van der Waals surface area contributed by atoms with Crippen LogP contribution < -0.4 is 10.6 Å². The number of aromatic nitrogens is 5. The molecule has 0 aromatic carbocycles. The second-order valence-electron chi connectivity index (χ2n) is 4.50. The van der Waals surface area contributed by atoms with E-state index in [0.29, 0.717) is 11.8 Å². The fraction of sp³-hybridized carbons (Fsp3) is 0.500. The molecule has 0 aliphatic heterocycles. The van der Waals surface area contributed by atoms with Crippen LogP contribution >= 0.6 is 11.8 Å². The average molecular weight is 293 g/mol. The van der Waals surface area contributed by atoms with E-state index in [4.69, 9.17) is 5.73 Å². The van der Waals surface area contributed by atoms with Gasteiger partial charge in [-0.05, 0) is 13.8 Å². The van der Waals surface area contributed by atoms with Crippen molar-refractivity contribution < 1.29 is 0 Å². The zero-order valence-corrected chi connectivity index (χ0v) is 12.9. The number of hydrogen-bond acceptors (Lipinski definition) is 7. The topological polar surface area (TPSA) is 85.8 Å². The highest BCUT2D eigenvalue weighted by atomic mass is 32.2. The Bertz CT molecular complexity index is 581. The average Bonchev–Trinajstić information content (AvgIpc) is 2.85. The van der Waals surface area contributed by atoms with Gasteiger partial charge in [-0.3, -0.25) is 0 Å². The molecule has 1 atom stereocenters. The van der Waals surface area contributed by atoms with Crippen LogP contribution in [0.2, 0.25) is 0 Å². The molecular formula is C12H19N7S. The van der Waals surface area contributed by atoms with Gasteiger partial charge in [0.2, 0.25) is 11.9 Å². The molecule has 2 rings (SSSR count). The third-order valence-electron chi connectivity index (χ3n) is 2.72. The van der Waals surface area contributed by atoms with E-state index in [-0.39, 0.29) is 11.2 Å². The van der Waals surface area contributed by atoms with E-state index in [1.807, 2.05) is 32.1 Å². The van der Waals surface area contributed by atoms with Gasteiger partial charge in [-0.25, -0.2) is 4.98 Å². The van der Waals surface area contributed by atoms with Crippen molar-refractivity contribution in [3.05, 3.63) is 18.2 Å². The summed E-state index contributed by atoms with van der Waals surface area (Å²) in [6.45, 7) is 5.01. The molecular weight excluding hydrogens is 274 g/mol. The van der Waals surface area contributed by atoms with Crippen molar-refractivity contribution in [3.63, 3.8) is 0 Å². The summed E-state index contributed by atoms with van der Waals surface area (Å²) in [4.78, 5) is 18.9. The second kappa shape index (κ2) is 6.08. The lowest BCUT2D eigenvalue weighted by atomic mass is 10.4. The standard InChI is InChI=1S/C12H19N7S/c1-5-19-7-6-14-12(19)20-8(2)9-15-10(13)17-11(16-9)18(3)4/h6-8H,5H2,1-4H3,(H2,13,15,16,17). The predicted molar refractivity (Wildman–Crippen MR) is 80.7 cm³/mol. The summed E-state index contributed by atoms with van der Waals surface area (Å²) in [6, 6.07) is 0. The molecule has 0 fully saturated rings. The Kier molecular flexibility index (Phi) is 4.43. The van der Waals surface area contributed by atoms with Crippen LogP contribution in [0, 0.1) is 0 Å². The summed E-state index contributed by atoms with van der Waals surface area (Å²) in [5.41, 5.74) is 5.75. The van der Waals surface area contributed by atoms with Crippen LogP contribution in [0.1, 0.15) is 24.9 Å². The molecule has 2 N–H and O–H groups in total. The quantitative estimate of drug-likeness (QED) is 0.838. The molecule has 0 saturated heterocycles. The molecule has 0 saturated carbocycles. The van der Waals surface area contributed by atoms with Crippen LogP contribution in [0.5, 0.6) is 0 Å². The SMILES string of the molecule is CCn1ccnc1SC(C)c1nc(N)nc(N(C)C)n1. The molecule has 0 aliphatic rings. The monoisotopic (exact) mass is 293 g/mol. The Morgan fingerprint density at radius 1 is 1.35 bits per heavy atom. The van der Waals surface area contributed by atoms with Gasteiger partial charge in [-0.15, -0.1) is 0 Å². The van der Waals surface area contributed by atoms with E-state index in [1.54, 1.807) is 18.0 Å². The van der Waals surface area contributed by atoms with Crippen LogP contribution in [0.15, 0.2) is 17.6 Å². The number of imidazole rings is 1. The number of nitrogens with two attached hydrogens (primary N) is 1. The lowest BCUT2D eigenvalue weighted by molar-refractivity contribution is 0.678. The van der Waals surface area contributed by atoms with Crippen molar-refractivity contribution in [2.24, 2.45) is 0 Å². The van der Waals surface area contributed by atoms with Crippen molar-refractivity contribution in [3.8, 4) is 0 Å². The highest BCUT2D eigenvalue weighted by Gasteiger charge is 2.16. The van der Waals surface area contributed by atoms with Gasteiger partial charge >= 0.3 is 0 Å². The molecule has 108 valence electrons. The maximum Gasteiger partial charge on any atom is 0.229 e. The molecule has 0 amide bonds. The van der Waals surface area contributed by atoms with Gasteiger partial charge in [0.25, 0.3) is 0 Å². The number of nitrogen functional groups attached to an aromatic ring is 1. The molecule has 1 unspecified atom stereocenters. The van der Waals surface area contributed by atoms with Crippen LogP contribution in [0.3, 0.4) is 0 Å². The van der Waals surface area contributed by atoms with Crippen molar-refractivity contribution in [2.45, 2.75) is 30.8 Å². The molecule has 0 radical (unpaired) electrons. The summed E-state index contributed by atoms with van der Waals surface area (Å²) in [5, 5.41) is 0.997. The van der Waals surface area contributed by atoms with E-state index in [9.17, 15) is 0 Å². The minimum atomic E-state index is 0.0479. The number of thioether (sulfide) groups is 1. The zero-order valence-electron chi connectivity index (χ0n) is 12.1. The molecule has 2 heterocycles. The Hall–Kier alpha value is -1.83. The first-order chi connectivity index (χ1) is 9.51. The number of aryl methyl sites for hydroxylation is 1. The summed E-state index contributed by atoms with van der Waals surface area (Å²) in [7, 11) is 3.75. The van der Waals surface area contributed by atoms with E-state index < -0.39 is 0 Å². The fourth-order valence-corrected chi connectivity index (χ4v) is 2.62. The van der Waals surface area contributed by atoms with Crippen LogP contribution in [-0.2, 0) is 6.54 Å². The highest BCUT2D eigenvalue weighted by molar-refractivity contribution is 7.99. The van der Waals surface area contributed by atoms with Crippen molar-refractivity contribution in [1.82, 2.24) is 24.5 Å². The molecule has 2 aromatic heterocycles. The molecule has 0 bridgehead atoms. The molecule has 8 heteroatoms. The maximum absolute atomic E-state index is 5.75. The van der Waals surface area contributed by atoms with E-state index >= 15 is 0 Å².